The first kappa shape index (κ1) is 125. The monoisotopic (exact) mass is 2040 g/mol. The van der Waals surface area contributed by atoms with Crippen molar-refractivity contribution in [1.29, 1.82) is 0 Å². The first-order valence-electron chi connectivity index (χ1n) is 45.5. The molecule has 42 heteroatoms. The number of ether oxygens (including phenoxy) is 6. The number of nitrogens with zero attached hydrogens (tertiary/aromatic N) is 5. The Labute approximate surface area is 836 Å². The van der Waals surface area contributed by atoms with Crippen molar-refractivity contribution in [2.45, 2.75) is 186 Å². The van der Waals surface area contributed by atoms with E-state index in [0.29, 0.717) is 84.6 Å². The van der Waals surface area contributed by atoms with Gasteiger partial charge in [-0.15, -0.1) is 0 Å². The fourth-order valence-electron chi connectivity index (χ4n) is 13.0. The first-order chi connectivity index (χ1) is 65.0. The topological polar surface area (TPSA) is 549 Å². The van der Waals surface area contributed by atoms with Crippen molar-refractivity contribution in [1.82, 2.24) is 4.90 Å². The summed E-state index contributed by atoms with van der Waals surface area (Å²) in [5.41, 5.74) is 3.27. The van der Waals surface area contributed by atoms with Gasteiger partial charge in [0, 0.05) is 121 Å². The number of hydrogen-bond acceptors (Lipinski definition) is 32. The van der Waals surface area contributed by atoms with Crippen LogP contribution in [0, 0.1) is 0 Å². The molecule has 14 N–H and O–H groups in total. The Morgan fingerprint density at radius 2 is 0.522 bits per heavy atom. The molecule has 0 radical (unpaired) electrons. The minimum atomic E-state index is -4.41. The van der Waals surface area contributed by atoms with Crippen molar-refractivity contribution >= 4 is 73.3 Å². The quantitative estimate of drug-likeness (QED) is 0.0111. The molecule has 768 valence electrons. The maximum atomic E-state index is 11.6. The molecule has 0 aliphatic heterocycles. The van der Waals surface area contributed by atoms with Crippen LogP contribution in [-0.4, -0.2) is 313 Å². The predicted octanol–water partition coefficient (Wildman–Crippen LogP) is 6.40. The third-order valence-electron chi connectivity index (χ3n) is 20.4. The van der Waals surface area contributed by atoms with Crippen LogP contribution in [0.3, 0.4) is 0 Å². The van der Waals surface area contributed by atoms with Crippen molar-refractivity contribution in [3.63, 3.8) is 0 Å². The van der Waals surface area contributed by atoms with E-state index in [2.05, 4.69) is 0 Å². The van der Waals surface area contributed by atoms with Crippen molar-refractivity contribution in [2.24, 2.45) is 0 Å². The van der Waals surface area contributed by atoms with Gasteiger partial charge in [-0.05, 0) is 147 Å². The fraction of sp³-hybridized carbons (Fsp3) is 0.500. The molecule has 8 rings (SSSR count). The second-order valence-corrected chi connectivity index (χ2v) is 39.6. The van der Waals surface area contributed by atoms with Crippen molar-refractivity contribution in [3.8, 4) is 11.5 Å². The number of hydrogen-bond donors (Lipinski definition) is 14. The third-order valence-corrected chi connectivity index (χ3v) is 24.5. The molecule has 0 aliphatic rings. The molecule has 10 unspecified atom stereocenters. The van der Waals surface area contributed by atoms with Gasteiger partial charge >= 0.3 is 29.6 Å². The van der Waals surface area contributed by atoms with E-state index >= 15 is 0 Å². The Morgan fingerprint density at radius 3 is 0.761 bits per heavy atom. The van der Waals surface area contributed by atoms with Crippen molar-refractivity contribution in [3.05, 3.63) is 230 Å². The Morgan fingerprint density at radius 1 is 0.290 bits per heavy atom. The van der Waals surface area contributed by atoms with E-state index in [1.807, 2.05) is 114 Å². The van der Waals surface area contributed by atoms with Gasteiger partial charge in [0.15, 0.2) is 0 Å². The summed E-state index contributed by atoms with van der Waals surface area (Å²) >= 11 is 0. The van der Waals surface area contributed by atoms with Crippen LogP contribution in [0.15, 0.2) is 238 Å². The second kappa shape index (κ2) is 67.9. The molecule has 0 amide bonds. The standard InChI is InChI=1S/C24H27NO7S.C22H23NO5S.C20H35NO7S.C16H35NO7S.C14H23NO5S.Na/c26-20(17-31-22-9-3-1-4-10-22)15-25(19-8-7-13-24(14-19)33(28,29)30)16-21(27)18-32-23-11-5-2-6-12-23;24-21(17-8-3-1-4-9-17)15-23(16-22(25)18-10-5-2-6-11-18)19-12-7-13-20(14-19)29(26,27)28;1-3-5-10-27-15-18(22)13-21(14-19(23)16-28-11-6-4-2)17-8-7-9-20(12-17)29(24,25)26;1-3-5-8-23-13-15(18)11-17(7-10-25(20,21)22)12-16(19)14-24-9-6-4-2;1-3-12(16)9-15(10-13(17)4-2)11-6-5-7-14(8-11)21(18,19)20;/h1-14,20-21,26-27H,15-18H2,(H,28,29,30);1-14,21-22,24-25H,15-16H2,(H,26,27,28);7-9,12,18-19,22-23H,3-6,10-11,13-16H2,1-2H3,(H,24,25,26);15-16,18-19H,3-14H2,1-2H3,(H,20,21,22);5-8,12-13,16-17H,3-4,9-10H2,1-2H3,(H,18,19,20);/q;;;;;+1/p-1. The van der Waals surface area contributed by atoms with Crippen molar-refractivity contribution in [2.75, 3.05) is 163 Å². The van der Waals surface area contributed by atoms with Crippen LogP contribution in [-0.2, 0) is 69.5 Å². The molecule has 0 aromatic heterocycles. The van der Waals surface area contributed by atoms with E-state index in [0.717, 1.165) is 51.4 Å². The average molecular weight is 2050 g/mol. The number of unbranched alkanes of at least 4 members (excludes halogenated alkanes) is 4. The van der Waals surface area contributed by atoms with E-state index in [-0.39, 0.29) is 161 Å². The van der Waals surface area contributed by atoms with E-state index < -0.39 is 117 Å². The predicted molar refractivity (Wildman–Crippen MR) is 523 cm³/mol. The van der Waals surface area contributed by atoms with Crippen LogP contribution in [0.2, 0.25) is 0 Å². The fourth-order valence-corrected chi connectivity index (χ4v) is 15.5. The summed E-state index contributed by atoms with van der Waals surface area (Å²) in [6.07, 6.45) is 0.651. The molecule has 10 atom stereocenters. The van der Waals surface area contributed by atoms with Crippen LogP contribution >= 0.6 is 0 Å². The molecule has 0 bridgehead atoms. The van der Waals surface area contributed by atoms with Crippen LogP contribution in [0.4, 0.5) is 22.7 Å². The maximum Gasteiger partial charge on any atom is 1.00 e. The van der Waals surface area contributed by atoms with Gasteiger partial charge in [-0.25, -0.2) is 8.42 Å². The summed E-state index contributed by atoms with van der Waals surface area (Å²) < 4.78 is 194. The van der Waals surface area contributed by atoms with Gasteiger partial charge < -0.3 is 104 Å². The summed E-state index contributed by atoms with van der Waals surface area (Å²) in [6.45, 7) is 15.9. The van der Waals surface area contributed by atoms with Gasteiger partial charge in [-0.1, -0.05) is 189 Å². The molecular weight excluding hydrogens is 1900 g/mol. The molecule has 138 heavy (non-hydrogen) atoms. The van der Waals surface area contributed by atoms with E-state index in [1.54, 1.807) is 97.3 Å². The van der Waals surface area contributed by atoms with E-state index in [9.17, 15) is 111 Å². The SMILES string of the molecule is CCC(O)CN(CC(O)CC)c1cccc(S(=O)(=O)O)c1.CCCCOCC(O)CN(CC(O)COCCCC)c1cccc(S(=O)(=O)O)c1.CCCCOCC(O)CN(CCS(=O)(=O)[O-])CC(O)COCCCC.O=S(=O)(O)c1cccc(N(CC(O)COc2ccccc2)CC(O)COc2ccccc2)c1.O=S(=O)(O)c1cccc(N(CC(O)c2ccccc2)CC(O)c2ccccc2)c1.[Na+]. The Balaban J connectivity index is 0.000000446. The van der Waals surface area contributed by atoms with E-state index in [1.165, 1.54) is 72.8 Å². The van der Waals surface area contributed by atoms with Gasteiger partial charge in [0.1, 0.15) is 36.9 Å². The zero-order chi connectivity index (χ0) is 101. The number of aliphatic hydroxyl groups excluding tert-OH is 10. The minimum absolute atomic E-state index is 0. The van der Waals surface area contributed by atoms with Crippen molar-refractivity contribution < 1.29 is 174 Å². The molecule has 8 aromatic rings. The van der Waals surface area contributed by atoms with Gasteiger partial charge in [0.05, 0.1) is 111 Å². The molecule has 0 saturated heterocycles. The average Bonchev–Trinajstić information content (AvgIpc) is 0.847. The molecule has 0 fully saturated rings. The molecule has 8 aromatic carbocycles. The molecule has 0 aliphatic carbocycles. The Bertz CT molecular complexity index is 5040. The van der Waals surface area contributed by atoms with Gasteiger partial charge in [0.2, 0.25) is 0 Å². The zero-order valence-corrected chi connectivity index (χ0v) is 85.7. The molecule has 0 saturated carbocycles. The normalized spacial score (nSPS) is 13.9. The summed E-state index contributed by atoms with van der Waals surface area (Å²) in [6, 6.07) is 59.2. The number of para-hydroxylation sites is 2. The summed E-state index contributed by atoms with van der Waals surface area (Å²) in [5, 5.41) is 103. The van der Waals surface area contributed by atoms with Gasteiger partial charge in [0.25, 0.3) is 40.5 Å². The number of rotatable bonds is 61. The minimum Gasteiger partial charge on any atom is -0.748 e. The molecule has 36 nitrogen and oxygen atoms in total. The number of anilines is 4. The molecular formula is C96H142N5NaO31S5. The number of aliphatic hydroxyl groups is 10. The summed E-state index contributed by atoms with van der Waals surface area (Å²) in [7, 11) is -21.8. The van der Waals surface area contributed by atoms with Crippen LogP contribution in [0.1, 0.15) is 129 Å². The smallest absolute Gasteiger partial charge is 0.748 e. The van der Waals surface area contributed by atoms with Gasteiger partial charge in [-0.2, -0.15) is 33.7 Å². The largest absolute Gasteiger partial charge is 1.00 e. The Kier molecular flexibility index (Phi) is 61.3. The second-order valence-electron chi connectivity index (χ2n) is 32.4. The van der Waals surface area contributed by atoms with Crippen LogP contribution in [0.5, 0.6) is 11.5 Å². The zero-order valence-electron chi connectivity index (χ0n) is 79.7. The van der Waals surface area contributed by atoms with Crippen LogP contribution in [0.25, 0.3) is 0 Å². The summed E-state index contributed by atoms with van der Waals surface area (Å²) in [5.74, 6) is 0.639. The third kappa shape index (κ3) is 54.1. The first-order valence-corrected chi connectivity index (χ1v) is 52.9. The van der Waals surface area contributed by atoms with E-state index in [4.69, 9.17) is 33.0 Å². The number of benzene rings is 8. The summed E-state index contributed by atoms with van der Waals surface area (Å²) in [4.78, 5) is 7.27. The maximum absolute atomic E-state index is 11.6. The molecule has 0 heterocycles. The van der Waals surface area contributed by atoms with Gasteiger partial charge in [-0.3, -0.25) is 23.1 Å². The Hall–Kier alpha value is -7.49. The van der Waals surface area contributed by atoms with Crippen LogP contribution < -0.4 is 58.6 Å². The molecule has 0 spiro atoms.